The number of carbonyl (C=O) groups excluding carboxylic acids is 2. The van der Waals surface area contributed by atoms with Gasteiger partial charge in [-0.25, -0.2) is 19.7 Å². The van der Waals surface area contributed by atoms with Crippen molar-refractivity contribution in [1.29, 1.82) is 0 Å². The van der Waals surface area contributed by atoms with Crippen LogP contribution < -0.4 is 15.0 Å². The van der Waals surface area contributed by atoms with E-state index >= 15 is 0 Å². The number of amides is 3. The molecule has 2 fully saturated rings. The average molecular weight is 396 g/mol. The lowest BCUT2D eigenvalue weighted by atomic mass is 9.75. The zero-order valence-electron chi connectivity index (χ0n) is 16.8. The summed E-state index contributed by atoms with van der Waals surface area (Å²) in [6.07, 6.45) is 6.07. The van der Waals surface area contributed by atoms with E-state index in [4.69, 9.17) is 9.47 Å². The number of carbonyl (C=O) groups is 2. The quantitative estimate of drug-likeness (QED) is 0.796. The summed E-state index contributed by atoms with van der Waals surface area (Å²) in [7, 11) is 0. The maximum Gasteiger partial charge on any atom is 0.329 e. The molecule has 2 aromatic rings. The highest BCUT2D eigenvalue weighted by atomic mass is 16.5. The highest BCUT2D eigenvalue weighted by molar-refractivity contribution is 6.21. The minimum Gasteiger partial charge on any atom is -0.424 e. The number of hydrogen-bond acceptors (Lipinski definition) is 6. The summed E-state index contributed by atoms with van der Waals surface area (Å²) in [6.45, 7) is 6.27. The van der Waals surface area contributed by atoms with Gasteiger partial charge >= 0.3 is 12.0 Å². The van der Waals surface area contributed by atoms with Gasteiger partial charge in [-0.3, -0.25) is 4.79 Å². The Morgan fingerprint density at radius 2 is 1.93 bits per heavy atom. The fourth-order valence-corrected chi connectivity index (χ4v) is 3.81. The Hall–Kier alpha value is -3.00. The van der Waals surface area contributed by atoms with Crippen LogP contribution in [0.5, 0.6) is 11.8 Å². The molecule has 3 amide bonds. The second-order valence-corrected chi connectivity index (χ2v) is 7.13. The number of aromatic nitrogens is 2. The molecule has 1 saturated carbocycles. The number of fused-ring (bicyclic) bond motifs is 2. The summed E-state index contributed by atoms with van der Waals surface area (Å²) in [5.41, 5.74) is 2.56. The monoisotopic (exact) mass is 396 g/mol. The molecule has 8 nitrogen and oxygen atoms in total. The van der Waals surface area contributed by atoms with Crippen molar-refractivity contribution < 1.29 is 19.1 Å². The van der Waals surface area contributed by atoms with E-state index in [1.54, 1.807) is 6.92 Å². The first-order valence-electron chi connectivity index (χ1n) is 9.97. The fraction of sp³-hybridized carbons (Fsp3) is 0.429. The van der Waals surface area contributed by atoms with Crippen molar-refractivity contribution >= 4 is 17.6 Å². The molecule has 1 aliphatic carbocycles. The van der Waals surface area contributed by atoms with Gasteiger partial charge in [0.05, 0.1) is 30.3 Å². The molecular formula is C21H24N4O4. The van der Waals surface area contributed by atoms with Crippen LogP contribution in [0, 0.1) is 0 Å². The van der Waals surface area contributed by atoms with E-state index in [-0.39, 0.29) is 17.5 Å². The standard InChI is InChI=1S/C19H18N4O4.C2H6/c1-11-16(24)23(18(25)22-11)13-8-20-17(21-9-13)27-14-4-3-12-10-26-19(5-2-6-19)15(12)7-14;1-2/h3-4,7-9,11H,2,5-6,10H2,1H3,(H,22,25);1-2H3/t11-;/m0./s1. The van der Waals surface area contributed by atoms with Crippen molar-refractivity contribution in [3.05, 3.63) is 41.7 Å². The van der Waals surface area contributed by atoms with Crippen molar-refractivity contribution in [2.24, 2.45) is 0 Å². The van der Waals surface area contributed by atoms with Crippen molar-refractivity contribution in [3.8, 4) is 11.8 Å². The molecule has 5 rings (SSSR count). The molecule has 1 atom stereocenters. The molecule has 1 N–H and O–H groups in total. The van der Waals surface area contributed by atoms with E-state index < -0.39 is 12.1 Å². The van der Waals surface area contributed by atoms with Gasteiger partial charge in [-0.2, -0.15) is 0 Å². The summed E-state index contributed by atoms with van der Waals surface area (Å²) >= 11 is 0. The van der Waals surface area contributed by atoms with Crippen LogP contribution in [0.25, 0.3) is 0 Å². The molecule has 3 aliphatic rings. The van der Waals surface area contributed by atoms with E-state index in [0.29, 0.717) is 18.0 Å². The number of ether oxygens (including phenoxy) is 2. The Morgan fingerprint density at radius 1 is 1.21 bits per heavy atom. The zero-order chi connectivity index (χ0) is 20.6. The van der Waals surface area contributed by atoms with E-state index in [1.165, 1.54) is 29.9 Å². The lowest BCUT2D eigenvalue weighted by molar-refractivity contribution is -0.117. The lowest BCUT2D eigenvalue weighted by Crippen LogP contribution is -2.33. The topological polar surface area (TPSA) is 93.7 Å². The molecule has 8 heteroatoms. The first-order valence-corrected chi connectivity index (χ1v) is 9.97. The van der Waals surface area contributed by atoms with Gasteiger partial charge in [0, 0.05) is 0 Å². The minimum absolute atomic E-state index is 0.139. The van der Waals surface area contributed by atoms with Gasteiger partial charge in [-0.05, 0) is 49.4 Å². The van der Waals surface area contributed by atoms with Crippen molar-refractivity contribution in [2.45, 2.75) is 58.3 Å². The predicted octanol–water partition coefficient (Wildman–Crippen LogP) is 3.65. The molecule has 0 bridgehead atoms. The van der Waals surface area contributed by atoms with Crippen LogP contribution >= 0.6 is 0 Å². The van der Waals surface area contributed by atoms with E-state index in [9.17, 15) is 9.59 Å². The number of rotatable bonds is 3. The Balaban J connectivity index is 0.000000994. The van der Waals surface area contributed by atoms with Gasteiger partial charge in [0.15, 0.2) is 0 Å². The van der Waals surface area contributed by atoms with Crippen molar-refractivity contribution in [2.75, 3.05) is 4.90 Å². The third-order valence-corrected chi connectivity index (χ3v) is 5.45. The fourth-order valence-electron chi connectivity index (χ4n) is 3.81. The zero-order valence-corrected chi connectivity index (χ0v) is 16.8. The Bertz CT molecular complexity index is 940. The molecule has 3 heterocycles. The maximum absolute atomic E-state index is 12.0. The first-order chi connectivity index (χ1) is 14.1. The second kappa shape index (κ2) is 7.44. The number of urea groups is 1. The van der Waals surface area contributed by atoms with Crippen LogP contribution in [0.4, 0.5) is 10.5 Å². The summed E-state index contributed by atoms with van der Waals surface area (Å²) in [5, 5.41) is 2.55. The first kappa shape index (κ1) is 19.3. The highest BCUT2D eigenvalue weighted by Crippen LogP contribution is 2.51. The number of benzene rings is 1. The number of hydrogen-bond donors (Lipinski definition) is 1. The van der Waals surface area contributed by atoms with Gasteiger partial charge < -0.3 is 14.8 Å². The van der Waals surface area contributed by atoms with Crippen molar-refractivity contribution in [3.63, 3.8) is 0 Å². The van der Waals surface area contributed by atoms with Crippen LogP contribution in [0.3, 0.4) is 0 Å². The van der Waals surface area contributed by atoms with Crippen LogP contribution in [0.2, 0.25) is 0 Å². The Kier molecular flexibility index (Phi) is 4.96. The molecule has 152 valence electrons. The SMILES string of the molecule is CC.C[C@@H]1NC(=O)N(c2cnc(Oc3ccc4c(c3)C3(CCC3)OC4)nc2)C1=O. The summed E-state index contributed by atoms with van der Waals surface area (Å²) in [5.74, 6) is 0.309. The number of anilines is 1. The molecular weight excluding hydrogens is 372 g/mol. The summed E-state index contributed by atoms with van der Waals surface area (Å²) < 4.78 is 11.8. The molecule has 1 saturated heterocycles. The summed E-state index contributed by atoms with van der Waals surface area (Å²) in [4.78, 5) is 33.2. The van der Waals surface area contributed by atoms with Gasteiger partial charge in [0.1, 0.15) is 11.8 Å². The van der Waals surface area contributed by atoms with Gasteiger partial charge in [-0.1, -0.05) is 19.9 Å². The Morgan fingerprint density at radius 3 is 2.52 bits per heavy atom. The molecule has 1 aromatic carbocycles. The predicted molar refractivity (Wildman–Crippen MR) is 106 cm³/mol. The van der Waals surface area contributed by atoms with E-state index in [1.807, 2.05) is 32.0 Å². The molecule has 29 heavy (non-hydrogen) atoms. The summed E-state index contributed by atoms with van der Waals surface area (Å²) in [6, 6.07) is 5.00. The number of nitrogens with zero attached hydrogens (tertiary/aromatic N) is 3. The number of nitrogens with one attached hydrogen (secondary N) is 1. The molecule has 0 radical (unpaired) electrons. The smallest absolute Gasteiger partial charge is 0.329 e. The molecule has 2 aliphatic heterocycles. The molecule has 0 unspecified atom stereocenters. The largest absolute Gasteiger partial charge is 0.424 e. The maximum atomic E-state index is 12.0. The van der Waals surface area contributed by atoms with Gasteiger partial charge in [-0.15, -0.1) is 0 Å². The van der Waals surface area contributed by atoms with Crippen LogP contribution in [-0.2, 0) is 21.7 Å². The van der Waals surface area contributed by atoms with Crippen LogP contribution in [-0.4, -0.2) is 27.9 Å². The second-order valence-electron chi connectivity index (χ2n) is 7.13. The average Bonchev–Trinajstić information content (AvgIpc) is 3.21. The molecule has 1 spiro atoms. The Labute approximate surface area is 169 Å². The third kappa shape index (κ3) is 3.23. The van der Waals surface area contributed by atoms with E-state index in [2.05, 4.69) is 15.3 Å². The van der Waals surface area contributed by atoms with Gasteiger partial charge in [0.25, 0.3) is 5.91 Å². The van der Waals surface area contributed by atoms with Crippen molar-refractivity contribution in [1.82, 2.24) is 15.3 Å². The normalized spacial score (nSPS) is 21.2. The number of imide groups is 1. The van der Waals surface area contributed by atoms with E-state index in [0.717, 1.165) is 17.7 Å². The van der Waals surface area contributed by atoms with Crippen LogP contribution in [0.15, 0.2) is 30.6 Å². The lowest BCUT2D eigenvalue weighted by Gasteiger charge is -2.38. The van der Waals surface area contributed by atoms with Crippen LogP contribution in [0.1, 0.15) is 51.2 Å². The van der Waals surface area contributed by atoms with Gasteiger partial charge in [0.2, 0.25) is 0 Å². The third-order valence-electron chi connectivity index (χ3n) is 5.45. The molecule has 1 aromatic heterocycles. The highest BCUT2D eigenvalue weighted by Gasteiger charge is 2.45. The minimum atomic E-state index is -0.555.